The molecule has 0 bridgehead atoms. The highest BCUT2D eigenvalue weighted by Crippen LogP contribution is 2.38. The monoisotopic (exact) mass is 527 g/mol. The molecule has 0 saturated heterocycles. The molecule has 0 unspecified atom stereocenters. The molecule has 3 rings (SSSR count). The molecule has 0 aliphatic rings. The third-order valence-corrected chi connectivity index (χ3v) is 6.44. The van der Waals surface area contributed by atoms with Crippen LogP contribution < -0.4 is 10.1 Å². The van der Waals surface area contributed by atoms with Crippen LogP contribution >= 0.6 is 11.8 Å². The summed E-state index contributed by atoms with van der Waals surface area (Å²) in [7, 11) is 0. The second-order valence-corrected chi connectivity index (χ2v) is 10.0. The van der Waals surface area contributed by atoms with Crippen molar-refractivity contribution in [3.63, 3.8) is 0 Å². The van der Waals surface area contributed by atoms with Gasteiger partial charge in [-0.3, -0.25) is 4.79 Å². The van der Waals surface area contributed by atoms with E-state index in [1.54, 1.807) is 42.5 Å². The molecule has 0 saturated carbocycles. The van der Waals surface area contributed by atoms with Crippen LogP contribution in [0.15, 0.2) is 53.6 Å². The Kier molecular flexibility index (Phi) is 9.22. The highest BCUT2D eigenvalue weighted by Gasteiger charge is 2.36. The third-order valence-electron chi connectivity index (χ3n) is 5.47. The van der Waals surface area contributed by atoms with Crippen molar-refractivity contribution in [1.29, 1.82) is 5.26 Å². The van der Waals surface area contributed by atoms with Gasteiger partial charge in [0.15, 0.2) is 0 Å². The fourth-order valence-electron chi connectivity index (χ4n) is 3.53. The lowest BCUT2D eigenvalue weighted by molar-refractivity contribution is -0.138. The summed E-state index contributed by atoms with van der Waals surface area (Å²) in [6.45, 7) is 8.42. The van der Waals surface area contributed by atoms with Crippen LogP contribution in [0.2, 0.25) is 0 Å². The molecule has 0 radical (unpaired) electrons. The number of hydrogen-bond donors (Lipinski definition) is 1. The molecular weight excluding hydrogens is 499 g/mol. The zero-order valence-corrected chi connectivity index (χ0v) is 21.9. The number of nitrogens with one attached hydrogen (secondary N) is 1. The first-order valence-corrected chi connectivity index (χ1v) is 12.7. The number of aromatic nitrogens is 1. The lowest BCUT2D eigenvalue weighted by Crippen LogP contribution is -2.15. The van der Waals surface area contributed by atoms with Crippen molar-refractivity contribution in [3.05, 3.63) is 70.8 Å². The van der Waals surface area contributed by atoms with Gasteiger partial charge in [0.1, 0.15) is 16.8 Å². The number of benzene rings is 2. The van der Waals surface area contributed by atoms with Gasteiger partial charge in [0.25, 0.3) is 0 Å². The van der Waals surface area contributed by atoms with Crippen LogP contribution in [0.4, 0.5) is 18.9 Å². The summed E-state index contributed by atoms with van der Waals surface area (Å²) in [6.07, 6.45) is -3.89. The number of carbonyl (C=O) groups is 1. The van der Waals surface area contributed by atoms with Crippen LogP contribution in [0.25, 0.3) is 11.3 Å². The Morgan fingerprint density at radius 3 is 2.54 bits per heavy atom. The van der Waals surface area contributed by atoms with E-state index < -0.39 is 23.2 Å². The number of alkyl halides is 3. The van der Waals surface area contributed by atoms with Crippen LogP contribution in [0.1, 0.15) is 42.5 Å². The third kappa shape index (κ3) is 7.73. The second-order valence-electron chi connectivity index (χ2n) is 9.06. The molecule has 0 aliphatic heterocycles. The van der Waals surface area contributed by atoms with Crippen LogP contribution in [0, 0.1) is 31.1 Å². The lowest BCUT2D eigenvalue weighted by atomic mass is 10.0. The van der Waals surface area contributed by atoms with E-state index in [9.17, 15) is 23.2 Å². The Morgan fingerprint density at radius 1 is 1.16 bits per heavy atom. The first kappa shape index (κ1) is 28.1. The molecule has 3 aromatic rings. The highest BCUT2D eigenvalue weighted by molar-refractivity contribution is 8.00. The van der Waals surface area contributed by atoms with Crippen LogP contribution in [-0.4, -0.2) is 23.3 Å². The molecule has 5 nitrogen and oxygen atoms in total. The van der Waals surface area contributed by atoms with Crippen molar-refractivity contribution in [2.24, 2.45) is 5.92 Å². The molecule has 1 aromatic heterocycles. The Bertz CT molecular complexity index is 1320. The minimum atomic E-state index is -4.77. The number of hydrogen-bond acceptors (Lipinski definition) is 5. The van der Waals surface area contributed by atoms with Crippen molar-refractivity contribution in [3.8, 4) is 23.1 Å². The van der Waals surface area contributed by atoms with Crippen LogP contribution in [-0.2, 0) is 11.0 Å². The Balaban J connectivity index is 1.89. The number of nitrogens with zero attached hydrogens (tertiary/aromatic N) is 2. The van der Waals surface area contributed by atoms with Crippen molar-refractivity contribution in [2.45, 2.75) is 45.3 Å². The SMILES string of the molecule is Cc1cccc(NC(=O)CSc2nc(-c3ccc(OCCC(C)C)c(C)c3)cc(C(F)(F)F)c2C#N)c1. The molecule has 0 spiro atoms. The average molecular weight is 528 g/mol. The van der Waals surface area contributed by atoms with Gasteiger partial charge in [-0.25, -0.2) is 4.98 Å². The lowest BCUT2D eigenvalue weighted by Gasteiger charge is -2.15. The van der Waals surface area contributed by atoms with Crippen molar-refractivity contribution >= 4 is 23.4 Å². The Hall–Kier alpha value is -3.51. The number of aryl methyl sites for hydroxylation is 2. The summed E-state index contributed by atoms with van der Waals surface area (Å²) in [5, 5.41) is 12.1. The van der Waals surface area contributed by atoms with Crippen molar-refractivity contribution < 1.29 is 22.7 Å². The topological polar surface area (TPSA) is 75.0 Å². The Morgan fingerprint density at radius 2 is 1.92 bits per heavy atom. The van der Waals surface area contributed by atoms with Crippen LogP contribution in [0.5, 0.6) is 5.75 Å². The van der Waals surface area contributed by atoms with E-state index in [2.05, 4.69) is 24.1 Å². The largest absolute Gasteiger partial charge is 0.493 e. The van der Waals surface area contributed by atoms with E-state index in [0.29, 0.717) is 29.5 Å². The fraction of sp³-hybridized carbons (Fsp3) is 0.321. The normalized spacial score (nSPS) is 11.3. The molecule has 194 valence electrons. The zero-order valence-electron chi connectivity index (χ0n) is 21.1. The molecule has 1 amide bonds. The molecule has 1 heterocycles. The molecule has 0 aliphatic carbocycles. The summed E-state index contributed by atoms with van der Waals surface area (Å²) >= 11 is 0.793. The van der Waals surface area contributed by atoms with Gasteiger partial charge < -0.3 is 10.1 Å². The number of rotatable bonds is 9. The van der Waals surface area contributed by atoms with Gasteiger partial charge in [0.2, 0.25) is 5.91 Å². The maximum Gasteiger partial charge on any atom is 0.417 e. The van der Waals surface area contributed by atoms with E-state index in [0.717, 1.165) is 35.4 Å². The van der Waals surface area contributed by atoms with Gasteiger partial charge in [0.05, 0.1) is 29.2 Å². The number of halogens is 3. The van der Waals surface area contributed by atoms with E-state index in [-0.39, 0.29) is 16.5 Å². The Labute approximate surface area is 219 Å². The smallest absolute Gasteiger partial charge is 0.417 e. The summed E-state index contributed by atoms with van der Waals surface area (Å²) < 4.78 is 47.5. The zero-order chi connectivity index (χ0) is 27.2. The van der Waals surface area contributed by atoms with Crippen molar-refractivity contribution in [1.82, 2.24) is 4.98 Å². The number of thioether (sulfide) groups is 1. The van der Waals surface area contributed by atoms with E-state index in [1.807, 2.05) is 19.9 Å². The first-order valence-electron chi connectivity index (χ1n) is 11.7. The molecule has 37 heavy (non-hydrogen) atoms. The maximum absolute atomic E-state index is 13.9. The number of ether oxygens (including phenoxy) is 1. The predicted molar refractivity (Wildman–Crippen MR) is 140 cm³/mol. The molecule has 9 heteroatoms. The van der Waals surface area contributed by atoms with Gasteiger partial charge in [-0.1, -0.05) is 37.7 Å². The number of anilines is 1. The minimum Gasteiger partial charge on any atom is -0.493 e. The average Bonchev–Trinajstić information content (AvgIpc) is 2.82. The van der Waals surface area contributed by atoms with Crippen LogP contribution in [0.3, 0.4) is 0 Å². The summed E-state index contributed by atoms with van der Waals surface area (Å²) in [5.74, 6) is 0.506. The van der Waals surface area contributed by atoms with E-state index in [4.69, 9.17) is 4.74 Å². The number of carbonyl (C=O) groups excluding carboxylic acids is 1. The summed E-state index contributed by atoms with van der Waals surface area (Å²) in [4.78, 5) is 16.8. The standard InChI is InChI=1S/C28H28F3N3O2S/c1-17(2)10-11-36-25-9-8-20(13-19(25)4)24-14-23(28(29,30)31)22(15-32)27(34-24)37-16-26(35)33-21-7-5-6-18(3)12-21/h5-9,12-14,17H,10-11,16H2,1-4H3,(H,33,35). The quantitative estimate of drug-likeness (QED) is 0.293. The fourth-order valence-corrected chi connectivity index (χ4v) is 4.34. The first-order chi connectivity index (χ1) is 17.5. The predicted octanol–water partition coefficient (Wildman–Crippen LogP) is 7.41. The summed E-state index contributed by atoms with van der Waals surface area (Å²) in [5.41, 5.74) is 1.11. The van der Waals surface area contributed by atoms with Gasteiger partial charge in [0, 0.05) is 11.3 Å². The minimum absolute atomic E-state index is 0.0600. The molecule has 2 aromatic carbocycles. The number of amides is 1. The molecular formula is C28H28F3N3O2S. The molecule has 0 atom stereocenters. The maximum atomic E-state index is 13.9. The highest BCUT2D eigenvalue weighted by atomic mass is 32.2. The molecule has 1 N–H and O–H groups in total. The molecule has 0 fully saturated rings. The van der Waals surface area contributed by atoms with Gasteiger partial charge in [-0.05, 0) is 73.7 Å². The number of pyridine rings is 1. The van der Waals surface area contributed by atoms with E-state index >= 15 is 0 Å². The van der Waals surface area contributed by atoms with Gasteiger partial charge in [-0.15, -0.1) is 0 Å². The van der Waals surface area contributed by atoms with E-state index in [1.165, 1.54) is 0 Å². The van der Waals surface area contributed by atoms with Gasteiger partial charge in [-0.2, -0.15) is 18.4 Å². The second kappa shape index (κ2) is 12.2. The number of nitriles is 1. The summed E-state index contributed by atoms with van der Waals surface area (Å²) in [6, 6.07) is 14.7. The van der Waals surface area contributed by atoms with Crippen molar-refractivity contribution in [2.75, 3.05) is 17.7 Å². The van der Waals surface area contributed by atoms with Gasteiger partial charge >= 0.3 is 6.18 Å².